The summed E-state index contributed by atoms with van der Waals surface area (Å²) in [6, 6.07) is 23.4. The van der Waals surface area contributed by atoms with E-state index in [0.29, 0.717) is 17.3 Å². The van der Waals surface area contributed by atoms with Gasteiger partial charge in [0.2, 0.25) is 0 Å². The number of hydrogen-bond acceptors (Lipinski definition) is 4. The SMILES string of the molecule is O=C1S/C(=C\c2cc(I)cc(I)c2OCc2ccccc2)C(=O)N1Cc1ccccc1. The molecule has 2 amide bonds. The second kappa shape index (κ2) is 10.2. The molecule has 1 aliphatic heterocycles. The van der Waals surface area contributed by atoms with Crippen LogP contribution in [0.4, 0.5) is 4.79 Å². The molecule has 7 heteroatoms. The van der Waals surface area contributed by atoms with Crippen LogP contribution in [0.25, 0.3) is 6.08 Å². The summed E-state index contributed by atoms with van der Waals surface area (Å²) < 4.78 is 8.11. The lowest BCUT2D eigenvalue weighted by atomic mass is 10.1. The number of carbonyl (C=O) groups is 2. The first-order chi connectivity index (χ1) is 15.0. The normalized spacial score (nSPS) is 15.0. The predicted octanol–water partition coefficient (Wildman–Crippen LogP) is 6.71. The summed E-state index contributed by atoms with van der Waals surface area (Å²) in [6.07, 6.45) is 1.76. The van der Waals surface area contributed by atoms with Gasteiger partial charge < -0.3 is 4.74 Å². The summed E-state index contributed by atoms with van der Waals surface area (Å²) in [5.74, 6) is 0.432. The van der Waals surface area contributed by atoms with Crippen molar-refractivity contribution in [1.82, 2.24) is 4.90 Å². The van der Waals surface area contributed by atoms with Gasteiger partial charge in [-0.25, -0.2) is 0 Å². The molecule has 0 aliphatic carbocycles. The van der Waals surface area contributed by atoms with Crippen LogP contribution < -0.4 is 4.74 Å². The third-order valence-corrected chi connectivity index (χ3v) is 6.94. The highest BCUT2D eigenvalue weighted by Gasteiger charge is 2.35. The Morgan fingerprint density at radius 3 is 2.23 bits per heavy atom. The molecule has 1 aliphatic rings. The smallest absolute Gasteiger partial charge is 0.293 e. The van der Waals surface area contributed by atoms with Gasteiger partial charge >= 0.3 is 0 Å². The molecule has 1 saturated heterocycles. The van der Waals surface area contributed by atoms with Crippen molar-refractivity contribution < 1.29 is 14.3 Å². The van der Waals surface area contributed by atoms with Gasteiger partial charge in [0.1, 0.15) is 12.4 Å². The molecule has 0 radical (unpaired) electrons. The van der Waals surface area contributed by atoms with Crippen molar-refractivity contribution in [3.8, 4) is 5.75 Å². The zero-order chi connectivity index (χ0) is 21.8. The molecule has 3 aromatic carbocycles. The fourth-order valence-electron chi connectivity index (χ4n) is 3.11. The van der Waals surface area contributed by atoms with Crippen LogP contribution in [0.1, 0.15) is 16.7 Å². The van der Waals surface area contributed by atoms with Crippen molar-refractivity contribution in [3.05, 3.63) is 102 Å². The molecule has 4 rings (SSSR count). The second-order valence-electron chi connectivity index (χ2n) is 6.83. The Bertz CT molecular complexity index is 1150. The van der Waals surface area contributed by atoms with Crippen molar-refractivity contribution in [2.24, 2.45) is 0 Å². The number of thioether (sulfide) groups is 1. The fraction of sp³-hybridized carbons (Fsp3) is 0.0833. The first kappa shape index (κ1) is 22.3. The van der Waals surface area contributed by atoms with Crippen molar-refractivity contribution in [3.63, 3.8) is 0 Å². The molecule has 4 nitrogen and oxygen atoms in total. The van der Waals surface area contributed by atoms with Crippen LogP contribution in [0.15, 0.2) is 77.7 Å². The Morgan fingerprint density at radius 1 is 0.903 bits per heavy atom. The zero-order valence-electron chi connectivity index (χ0n) is 16.3. The van der Waals surface area contributed by atoms with E-state index in [1.807, 2.05) is 72.8 Å². The van der Waals surface area contributed by atoms with Gasteiger partial charge in [0.25, 0.3) is 11.1 Å². The molecule has 0 unspecified atom stereocenters. The summed E-state index contributed by atoms with van der Waals surface area (Å²) in [7, 11) is 0. The third-order valence-electron chi connectivity index (χ3n) is 4.61. The monoisotopic (exact) mass is 653 g/mol. The molecule has 0 saturated carbocycles. The number of rotatable bonds is 6. The molecular formula is C24H17I2NO3S. The molecule has 1 fully saturated rings. The number of nitrogens with zero attached hydrogens (tertiary/aromatic N) is 1. The molecule has 31 heavy (non-hydrogen) atoms. The fourth-order valence-corrected chi connectivity index (χ4v) is 5.99. The average Bonchev–Trinajstić information content (AvgIpc) is 3.02. The van der Waals surface area contributed by atoms with Gasteiger partial charge in [-0.1, -0.05) is 60.7 Å². The number of benzene rings is 3. The van der Waals surface area contributed by atoms with Crippen LogP contribution in [-0.2, 0) is 17.9 Å². The van der Waals surface area contributed by atoms with E-state index in [0.717, 1.165) is 35.6 Å². The van der Waals surface area contributed by atoms with E-state index in [-0.39, 0.29) is 17.7 Å². The Labute approximate surface area is 212 Å². The standard InChI is InChI=1S/C24H17I2NO3S/c25-19-11-18(22(20(26)13-19)30-15-17-9-5-2-6-10-17)12-21-23(28)27(24(29)31-21)14-16-7-3-1-4-8-16/h1-13H,14-15H2/b21-12-. The highest BCUT2D eigenvalue weighted by Crippen LogP contribution is 2.37. The third kappa shape index (κ3) is 5.50. The molecule has 0 spiro atoms. The second-order valence-corrected chi connectivity index (χ2v) is 10.2. The van der Waals surface area contributed by atoms with Gasteiger partial charge in [-0.05, 0) is 86.3 Å². The Kier molecular flexibility index (Phi) is 7.34. The molecule has 1 heterocycles. The van der Waals surface area contributed by atoms with Crippen LogP contribution in [0.2, 0.25) is 0 Å². The Morgan fingerprint density at radius 2 is 1.55 bits per heavy atom. The van der Waals surface area contributed by atoms with E-state index >= 15 is 0 Å². The van der Waals surface area contributed by atoms with E-state index in [2.05, 4.69) is 45.2 Å². The van der Waals surface area contributed by atoms with E-state index in [4.69, 9.17) is 4.74 Å². The summed E-state index contributed by atoms with van der Waals surface area (Å²) in [6.45, 7) is 0.692. The molecule has 0 aromatic heterocycles. The van der Waals surface area contributed by atoms with Gasteiger partial charge in [-0.2, -0.15) is 0 Å². The maximum absolute atomic E-state index is 13.0. The highest BCUT2D eigenvalue weighted by atomic mass is 127. The maximum atomic E-state index is 13.0. The lowest BCUT2D eigenvalue weighted by molar-refractivity contribution is -0.123. The van der Waals surface area contributed by atoms with Gasteiger partial charge in [0.15, 0.2) is 0 Å². The van der Waals surface area contributed by atoms with Crippen molar-refractivity contribution in [1.29, 1.82) is 0 Å². The zero-order valence-corrected chi connectivity index (χ0v) is 21.4. The average molecular weight is 653 g/mol. The first-order valence-electron chi connectivity index (χ1n) is 9.46. The van der Waals surface area contributed by atoms with Crippen LogP contribution in [0, 0.1) is 7.14 Å². The minimum atomic E-state index is -0.276. The number of hydrogen-bond donors (Lipinski definition) is 0. The number of ether oxygens (including phenoxy) is 1. The van der Waals surface area contributed by atoms with E-state index in [1.54, 1.807) is 6.08 Å². The van der Waals surface area contributed by atoms with Crippen LogP contribution in [0.5, 0.6) is 5.75 Å². The molecule has 3 aromatic rings. The summed E-state index contributed by atoms with van der Waals surface area (Å²) in [5.41, 5.74) is 2.77. The molecule has 0 bridgehead atoms. The Hall–Kier alpha value is -1.85. The number of carbonyl (C=O) groups excluding carboxylic acids is 2. The van der Waals surface area contributed by atoms with Gasteiger partial charge in [-0.3, -0.25) is 14.5 Å². The number of halogens is 2. The summed E-state index contributed by atoms with van der Waals surface area (Å²) in [4.78, 5) is 27.2. The molecular weight excluding hydrogens is 636 g/mol. The first-order valence-corrected chi connectivity index (χ1v) is 12.4. The maximum Gasteiger partial charge on any atom is 0.293 e. The summed E-state index contributed by atoms with van der Waals surface area (Å²) in [5, 5.41) is -0.257. The van der Waals surface area contributed by atoms with Gasteiger partial charge in [0, 0.05) is 9.13 Å². The van der Waals surface area contributed by atoms with Crippen LogP contribution in [-0.4, -0.2) is 16.0 Å². The molecule has 156 valence electrons. The van der Waals surface area contributed by atoms with Gasteiger partial charge in [-0.15, -0.1) is 0 Å². The van der Waals surface area contributed by atoms with Crippen LogP contribution >= 0.6 is 56.9 Å². The van der Waals surface area contributed by atoms with E-state index < -0.39 is 0 Å². The van der Waals surface area contributed by atoms with Gasteiger partial charge in [0.05, 0.1) is 15.0 Å². The quantitative estimate of drug-likeness (QED) is 0.219. The predicted molar refractivity (Wildman–Crippen MR) is 141 cm³/mol. The molecule has 0 atom stereocenters. The molecule has 0 N–H and O–H groups in total. The number of amides is 2. The lowest BCUT2D eigenvalue weighted by Gasteiger charge is -2.13. The van der Waals surface area contributed by atoms with Crippen LogP contribution in [0.3, 0.4) is 0 Å². The topological polar surface area (TPSA) is 46.6 Å². The van der Waals surface area contributed by atoms with E-state index in [1.165, 1.54) is 4.90 Å². The van der Waals surface area contributed by atoms with E-state index in [9.17, 15) is 9.59 Å². The minimum absolute atomic E-state index is 0.257. The summed E-state index contributed by atoms with van der Waals surface area (Å²) >= 11 is 5.45. The largest absolute Gasteiger partial charge is 0.487 e. The van der Waals surface area contributed by atoms with Crippen molar-refractivity contribution in [2.45, 2.75) is 13.2 Å². The minimum Gasteiger partial charge on any atom is -0.487 e. The Balaban J connectivity index is 1.60. The highest BCUT2D eigenvalue weighted by molar-refractivity contribution is 14.1. The lowest BCUT2D eigenvalue weighted by Crippen LogP contribution is -2.27. The van der Waals surface area contributed by atoms with Crippen molar-refractivity contribution >= 4 is 74.2 Å². The number of imide groups is 1. The van der Waals surface area contributed by atoms with Crippen molar-refractivity contribution in [2.75, 3.05) is 0 Å².